The van der Waals surface area contributed by atoms with Crippen molar-refractivity contribution in [3.05, 3.63) is 179 Å². The summed E-state index contributed by atoms with van der Waals surface area (Å²) in [6.07, 6.45) is 0. The lowest BCUT2D eigenvalue weighted by atomic mass is 9.93. The van der Waals surface area contributed by atoms with Crippen LogP contribution in [0.15, 0.2) is 133 Å². The van der Waals surface area contributed by atoms with E-state index in [0.29, 0.717) is 34.9 Å². The van der Waals surface area contributed by atoms with Crippen LogP contribution in [-0.2, 0) is 0 Å². The molecule has 11 rings (SSSR count). The first-order valence-corrected chi connectivity index (χ1v) is 21.8. The van der Waals surface area contributed by atoms with E-state index in [-0.39, 0.29) is 0 Å². The summed E-state index contributed by atoms with van der Waals surface area (Å²) in [5.41, 5.74) is 17.6. The van der Waals surface area contributed by atoms with E-state index in [0.717, 1.165) is 66.8 Å². The average molecular weight is 831 g/mol. The molecule has 64 heavy (non-hydrogen) atoms. The van der Waals surface area contributed by atoms with E-state index >= 15 is 0 Å². The van der Waals surface area contributed by atoms with Crippen molar-refractivity contribution in [3.8, 4) is 56.4 Å². The van der Waals surface area contributed by atoms with Gasteiger partial charge < -0.3 is 9.13 Å². The minimum Gasteiger partial charge on any atom is -0.309 e. The van der Waals surface area contributed by atoms with Crippen LogP contribution in [0.1, 0.15) is 45.6 Å². The van der Waals surface area contributed by atoms with E-state index in [9.17, 15) is 0 Å². The first kappa shape index (κ1) is 39.0. The summed E-state index contributed by atoms with van der Waals surface area (Å²) in [7, 11) is 0. The summed E-state index contributed by atoms with van der Waals surface area (Å²) in [5, 5.41) is 4.93. The largest absolute Gasteiger partial charge is 0.309 e. The third-order valence-electron chi connectivity index (χ3n) is 12.4. The highest BCUT2D eigenvalue weighted by molar-refractivity contribution is 6.11. The van der Waals surface area contributed by atoms with E-state index in [4.69, 9.17) is 19.9 Å². The predicted molar refractivity (Wildman–Crippen MR) is 262 cm³/mol. The van der Waals surface area contributed by atoms with Gasteiger partial charge in [-0.15, -0.1) is 0 Å². The molecule has 8 heteroatoms. The van der Waals surface area contributed by atoms with Crippen molar-refractivity contribution in [2.45, 2.75) is 55.4 Å². The Morgan fingerprint density at radius 3 is 1.27 bits per heavy atom. The molecular formula is C56H46N8. The van der Waals surface area contributed by atoms with Gasteiger partial charge in [-0.05, 0) is 163 Å². The Bertz CT molecular complexity index is 3560. The molecule has 0 saturated heterocycles. The van der Waals surface area contributed by atoms with Gasteiger partial charge in [-0.3, -0.25) is 0 Å². The zero-order valence-electron chi connectivity index (χ0n) is 37.3. The van der Waals surface area contributed by atoms with Gasteiger partial charge in [-0.1, -0.05) is 64.7 Å². The first-order valence-electron chi connectivity index (χ1n) is 21.8. The maximum atomic E-state index is 4.91. The number of aromatic nitrogens is 8. The van der Waals surface area contributed by atoms with Crippen LogP contribution >= 0.6 is 0 Å². The lowest BCUT2D eigenvalue weighted by Gasteiger charge is -2.18. The number of hydrogen-bond acceptors (Lipinski definition) is 6. The molecule has 0 aliphatic rings. The van der Waals surface area contributed by atoms with Crippen LogP contribution in [0.2, 0.25) is 0 Å². The fraction of sp³-hybridized carbons (Fsp3) is 0.143. The van der Waals surface area contributed by atoms with E-state index in [2.05, 4.69) is 180 Å². The molecule has 0 amide bonds. The van der Waals surface area contributed by atoms with Crippen molar-refractivity contribution in [2.75, 3.05) is 0 Å². The monoisotopic (exact) mass is 830 g/mol. The molecule has 0 N–H and O–H groups in total. The maximum Gasteiger partial charge on any atom is 0.163 e. The lowest BCUT2D eigenvalue weighted by molar-refractivity contribution is 0.928. The molecule has 11 aromatic rings. The van der Waals surface area contributed by atoms with Crippen molar-refractivity contribution < 1.29 is 0 Å². The molecule has 0 unspecified atom stereocenters. The van der Waals surface area contributed by atoms with Gasteiger partial charge in [0.1, 0.15) is 23.3 Å². The van der Waals surface area contributed by atoms with Crippen LogP contribution in [0.4, 0.5) is 0 Å². The average Bonchev–Trinajstić information content (AvgIpc) is 3.76. The van der Waals surface area contributed by atoms with Gasteiger partial charge in [0.25, 0.3) is 0 Å². The van der Waals surface area contributed by atoms with Gasteiger partial charge >= 0.3 is 0 Å². The Kier molecular flexibility index (Phi) is 9.10. The summed E-state index contributed by atoms with van der Waals surface area (Å²) in [6.45, 7) is 16.3. The third kappa shape index (κ3) is 6.61. The minimum atomic E-state index is 0.643. The molecule has 4 heterocycles. The van der Waals surface area contributed by atoms with Gasteiger partial charge in [0.15, 0.2) is 11.6 Å². The zero-order valence-corrected chi connectivity index (χ0v) is 37.3. The van der Waals surface area contributed by atoms with Crippen molar-refractivity contribution in [3.63, 3.8) is 0 Å². The first-order chi connectivity index (χ1) is 30.9. The predicted octanol–water partition coefficient (Wildman–Crippen LogP) is 13.4. The molecule has 0 spiro atoms. The second-order valence-corrected chi connectivity index (χ2v) is 17.3. The van der Waals surface area contributed by atoms with Crippen LogP contribution in [-0.4, -0.2) is 39.0 Å². The molecule has 0 aliphatic carbocycles. The molecule has 8 nitrogen and oxygen atoms in total. The standard InChI is InChI=1S/C56H46N8/c1-31-12-19-51-46(24-31)47-25-32(2)13-20-52(47)63(51)42-17-18-43(56-61-37(7)58-38(8)62-56)44(30-42)39-10-9-11-40(28-39)45-29-41(55-59-35(5)57-36(6)60-55)16-23-50(45)64-53-21-14-33(3)26-48(53)49-27-34(4)15-22-54(49)64/h9-30H,1-8H3. The third-order valence-corrected chi connectivity index (χ3v) is 12.4. The number of benzene rings is 7. The van der Waals surface area contributed by atoms with Gasteiger partial charge in [0.05, 0.1) is 27.8 Å². The molecule has 0 aliphatic heterocycles. The molecule has 0 atom stereocenters. The van der Waals surface area contributed by atoms with Crippen LogP contribution in [0, 0.1) is 55.4 Å². The topological polar surface area (TPSA) is 87.2 Å². The van der Waals surface area contributed by atoms with E-state index in [1.54, 1.807) is 0 Å². The van der Waals surface area contributed by atoms with Gasteiger partial charge in [-0.2, -0.15) is 0 Å². The summed E-state index contributed by atoms with van der Waals surface area (Å²) in [5.74, 6) is 4.03. The number of aryl methyl sites for hydroxylation is 8. The summed E-state index contributed by atoms with van der Waals surface area (Å²) < 4.78 is 4.80. The number of fused-ring (bicyclic) bond motifs is 6. The van der Waals surface area contributed by atoms with E-state index < -0.39 is 0 Å². The normalized spacial score (nSPS) is 11.8. The quantitative estimate of drug-likeness (QED) is 0.166. The molecular weight excluding hydrogens is 785 g/mol. The SMILES string of the molecule is Cc1ccc2c(c1)c1cc(C)ccc1n2-c1ccc(-c2nc(C)nc(C)n2)c(-c2cccc(-c3cc(-c4nc(C)nc(C)n4)ccc3-n3c4ccc(C)cc4c4cc(C)ccc43)c2)c1. The Morgan fingerprint density at radius 2 is 0.766 bits per heavy atom. The summed E-state index contributed by atoms with van der Waals surface area (Å²) in [4.78, 5) is 28.5. The molecule has 0 bridgehead atoms. The van der Waals surface area contributed by atoms with Crippen molar-refractivity contribution in [1.29, 1.82) is 0 Å². The Hall–Kier alpha value is -7.84. The summed E-state index contributed by atoms with van der Waals surface area (Å²) >= 11 is 0. The molecule has 4 aromatic heterocycles. The molecule has 0 saturated carbocycles. The van der Waals surface area contributed by atoms with E-state index in [1.165, 1.54) is 43.8 Å². The lowest BCUT2D eigenvalue weighted by Crippen LogP contribution is -2.02. The van der Waals surface area contributed by atoms with Crippen molar-refractivity contribution in [2.24, 2.45) is 0 Å². The maximum absolute atomic E-state index is 4.91. The Labute approximate surface area is 372 Å². The van der Waals surface area contributed by atoms with Crippen LogP contribution in [0.5, 0.6) is 0 Å². The molecule has 310 valence electrons. The molecule has 0 radical (unpaired) electrons. The minimum absolute atomic E-state index is 0.643. The molecule has 7 aromatic carbocycles. The summed E-state index contributed by atoms with van der Waals surface area (Å²) in [6, 6.07) is 49.1. The molecule has 0 fully saturated rings. The van der Waals surface area contributed by atoms with Gasteiger partial charge in [0, 0.05) is 43.9 Å². The van der Waals surface area contributed by atoms with Crippen LogP contribution in [0.3, 0.4) is 0 Å². The van der Waals surface area contributed by atoms with Gasteiger partial charge in [-0.25, -0.2) is 29.9 Å². The van der Waals surface area contributed by atoms with E-state index in [1.807, 2.05) is 27.7 Å². The van der Waals surface area contributed by atoms with Crippen LogP contribution in [0.25, 0.3) is 100 Å². The Balaban J connectivity index is 1.18. The number of rotatable bonds is 6. The number of hydrogen-bond donors (Lipinski definition) is 0. The smallest absolute Gasteiger partial charge is 0.163 e. The van der Waals surface area contributed by atoms with Crippen molar-refractivity contribution >= 4 is 43.6 Å². The number of nitrogens with zero attached hydrogens (tertiary/aromatic N) is 8. The highest BCUT2D eigenvalue weighted by atomic mass is 15.0. The highest BCUT2D eigenvalue weighted by Gasteiger charge is 2.21. The fourth-order valence-corrected chi connectivity index (χ4v) is 9.58. The zero-order chi connectivity index (χ0) is 44.0. The second kappa shape index (κ2) is 14.9. The highest BCUT2D eigenvalue weighted by Crippen LogP contribution is 2.42. The second-order valence-electron chi connectivity index (χ2n) is 17.3. The van der Waals surface area contributed by atoms with Crippen LogP contribution < -0.4 is 0 Å². The fourth-order valence-electron chi connectivity index (χ4n) is 9.58. The van der Waals surface area contributed by atoms with Crippen molar-refractivity contribution in [1.82, 2.24) is 39.0 Å². The van der Waals surface area contributed by atoms with Gasteiger partial charge in [0.2, 0.25) is 0 Å². The Morgan fingerprint density at radius 1 is 0.312 bits per heavy atom.